The van der Waals surface area contributed by atoms with Crippen LogP contribution in [0.3, 0.4) is 0 Å². The van der Waals surface area contributed by atoms with E-state index in [0.717, 1.165) is 5.56 Å². The van der Waals surface area contributed by atoms with E-state index in [0.29, 0.717) is 5.75 Å². The molecule has 2 N–H and O–H groups in total. The molecule has 0 saturated carbocycles. The first kappa shape index (κ1) is 12.0. The molecule has 0 aliphatic carbocycles. The second-order valence-electron chi connectivity index (χ2n) is 3.81. The fourth-order valence-electron chi connectivity index (χ4n) is 1.14. The second-order valence-corrected chi connectivity index (χ2v) is 3.81. The predicted molar refractivity (Wildman–Crippen MR) is 58.8 cm³/mol. The van der Waals surface area contributed by atoms with Crippen molar-refractivity contribution in [1.29, 1.82) is 0 Å². The minimum atomic E-state index is -0.499. The second kappa shape index (κ2) is 5.14. The number of rotatable bonds is 4. The van der Waals surface area contributed by atoms with E-state index in [2.05, 4.69) is 0 Å². The molecule has 0 saturated heterocycles. The van der Waals surface area contributed by atoms with Gasteiger partial charge in [-0.1, -0.05) is 12.1 Å². The van der Waals surface area contributed by atoms with Crippen LogP contribution in [0.4, 0.5) is 0 Å². The first-order chi connectivity index (χ1) is 7.00. The summed E-state index contributed by atoms with van der Waals surface area (Å²) in [5.74, 6) is 0.702. The summed E-state index contributed by atoms with van der Waals surface area (Å²) in [6.07, 6.45) is -1.20. The normalized spacial score (nSPS) is 16.9. The third-order valence-electron chi connectivity index (χ3n) is 2.36. The minimum absolute atomic E-state index is 0.234. The van der Waals surface area contributed by atoms with Crippen LogP contribution in [0, 0.1) is 0 Å². The average molecular weight is 210 g/mol. The van der Waals surface area contributed by atoms with E-state index in [1.165, 1.54) is 0 Å². The van der Waals surface area contributed by atoms with E-state index in [4.69, 9.17) is 4.74 Å². The molecule has 1 aromatic carbocycles. The number of hydrogen-bond donors (Lipinski definition) is 2. The predicted octanol–water partition coefficient (Wildman–Crippen LogP) is 1.89. The lowest BCUT2D eigenvalue weighted by Crippen LogP contribution is -2.25. The maximum atomic E-state index is 9.30. The molecule has 0 bridgehead atoms. The van der Waals surface area contributed by atoms with Crippen molar-refractivity contribution in [2.45, 2.75) is 39.1 Å². The Kier molecular flexibility index (Phi) is 4.12. The zero-order valence-corrected chi connectivity index (χ0v) is 9.34. The van der Waals surface area contributed by atoms with Gasteiger partial charge in [0.1, 0.15) is 11.9 Å². The molecular weight excluding hydrogens is 192 g/mol. The Bertz CT molecular complexity index is 290. The highest BCUT2D eigenvalue weighted by Gasteiger charge is 2.10. The van der Waals surface area contributed by atoms with Gasteiger partial charge in [0.15, 0.2) is 0 Å². The fraction of sp³-hybridized carbons (Fsp3) is 0.500. The molecule has 0 spiro atoms. The molecule has 1 rings (SSSR count). The maximum absolute atomic E-state index is 9.30. The summed E-state index contributed by atoms with van der Waals surface area (Å²) in [6.45, 7) is 5.22. The zero-order valence-electron chi connectivity index (χ0n) is 9.34. The van der Waals surface area contributed by atoms with Crippen LogP contribution < -0.4 is 4.74 Å². The van der Waals surface area contributed by atoms with Gasteiger partial charge < -0.3 is 14.9 Å². The lowest BCUT2D eigenvalue weighted by molar-refractivity contribution is 0.0604. The zero-order chi connectivity index (χ0) is 11.4. The van der Waals surface area contributed by atoms with Crippen LogP contribution in [0.25, 0.3) is 0 Å². The van der Waals surface area contributed by atoms with Crippen molar-refractivity contribution in [3.05, 3.63) is 29.8 Å². The van der Waals surface area contributed by atoms with Gasteiger partial charge in [0.25, 0.3) is 0 Å². The van der Waals surface area contributed by atoms with Gasteiger partial charge >= 0.3 is 0 Å². The van der Waals surface area contributed by atoms with Crippen molar-refractivity contribution < 1.29 is 14.9 Å². The summed E-state index contributed by atoms with van der Waals surface area (Å²) in [6, 6.07) is 7.21. The number of aliphatic hydroxyl groups is 2. The molecule has 0 radical (unpaired) electrons. The molecule has 2 unspecified atom stereocenters. The standard InChI is InChI=1S/C12H18O3/c1-8(13)10(3)15-12-6-4-11(5-7-12)9(2)14/h4-10,13-14H,1-3H3/t8?,9-,10?/m1/s1. The quantitative estimate of drug-likeness (QED) is 0.797. The fourth-order valence-corrected chi connectivity index (χ4v) is 1.14. The van der Waals surface area contributed by atoms with Gasteiger partial charge in [-0.2, -0.15) is 0 Å². The summed E-state index contributed by atoms with van der Waals surface area (Å²) in [4.78, 5) is 0. The number of ether oxygens (including phenoxy) is 1. The van der Waals surface area contributed by atoms with Gasteiger partial charge in [0.2, 0.25) is 0 Å². The summed E-state index contributed by atoms with van der Waals surface area (Å²) in [7, 11) is 0. The van der Waals surface area contributed by atoms with Gasteiger partial charge in [-0.25, -0.2) is 0 Å². The van der Waals surface area contributed by atoms with Crippen molar-refractivity contribution in [3.63, 3.8) is 0 Å². The Hall–Kier alpha value is -1.06. The molecule has 0 heterocycles. The van der Waals surface area contributed by atoms with E-state index in [1.54, 1.807) is 26.0 Å². The van der Waals surface area contributed by atoms with E-state index in [-0.39, 0.29) is 6.10 Å². The van der Waals surface area contributed by atoms with Crippen molar-refractivity contribution in [2.24, 2.45) is 0 Å². The molecule has 0 aliphatic rings. The smallest absolute Gasteiger partial charge is 0.121 e. The highest BCUT2D eigenvalue weighted by atomic mass is 16.5. The Morgan fingerprint density at radius 3 is 1.93 bits per heavy atom. The monoisotopic (exact) mass is 210 g/mol. The first-order valence-electron chi connectivity index (χ1n) is 5.13. The van der Waals surface area contributed by atoms with Crippen molar-refractivity contribution in [2.75, 3.05) is 0 Å². The van der Waals surface area contributed by atoms with Crippen LogP contribution in [0.1, 0.15) is 32.4 Å². The van der Waals surface area contributed by atoms with Crippen molar-refractivity contribution in [3.8, 4) is 5.75 Å². The Morgan fingerprint density at radius 2 is 1.53 bits per heavy atom. The molecule has 3 nitrogen and oxygen atoms in total. The molecule has 0 amide bonds. The molecule has 0 aromatic heterocycles. The first-order valence-corrected chi connectivity index (χ1v) is 5.13. The van der Waals surface area contributed by atoms with Gasteiger partial charge in [0, 0.05) is 0 Å². The molecule has 15 heavy (non-hydrogen) atoms. The maximum Gasteiger partial charge on any atom is 0.121 e. The molecular formula is C12H18O3. The van der Waals surface area contributed by atoms with Crippen LogP contribution >= 0.6 is 0 Å². The Labute approximate surface area is 90.3 Å². The van der Waals surface area contributed by atoms with Crippen LogP contribution in [0.15, 0.2) is 24.3 Å². The Morgan fingerprint density at radius 1 is 1.00 bits per heavy atom. The highest BCUT2D eigenvalue weighted by Crippen LogP contribution is 2.18. The van der Waals surface area contributed by atoms with Gasteiger partial charge in [-0.05, 0) is 38.5 Å². The highest BCUT2D eigenvalue weighted by molar-refractivity contribution is 5.28. The van der Waals surface area contributed by atoms with Crippen LogP contribution in [-0.4, -0.2) is 22.4 Å². The molecule has 84 valence electrons. The molecule has 1 aromatic rings. The largest absolute Gasteiger partial charge is 0.488 e. The third-order valence-corrected chi connectivity index (χ3v) is 2.36. The molecule has 0 fully saturated rings. The third kappa shape index (κ3) is 3.53. The van der Waals surface area contributed by atoms with Gasteiger partial charge in [-0.3, -0.25) is 0 Å². The molecule has 0 aliphatic heterocycles. The summed E-state index contributed by atoms with van der Waals surface area (Å²) in [5.41, 5.74) is 0.854. The summed E-state index contributed by atoms with van der Waals surface area (Å²) in [5, 5.41) is 18.6. The van der Waals surface area contributed by atoms with Crippen molar-refractivity contribution in [1.82, 2.24) is 0 Å². The van der Waals surface area contributed by atoms with E-state index < -0.39 is 12.2 Å². The SMILES string of the molecule is CC(O)C(C)Oc1ccc([C@@H](C)O)cc1. The van der Waals surface area contributed by atoms with E-state index in [1.807, 2.05) is 19.1 Å². The lowest BCUT2D eigenvalue weighted by Gasteiger charge is -2.17. The van der Waals surface area contributed by atoms with Crippen LogP contribution in [0.5, 0.6) is 5.75 Å². The number of benzene rings is 1. The van der Waals surface area contributed by atoms with Gasteiger partial charge in [-0.15, -0.1) is 0 Å². The van der Waals surface area contributed by atoms with E-state index in [9.17, 15) is 10.2 Å². The minimum Gasteiger partial charge on any atom is -0.488 e. The topological polar surface area (TPSA) is 49.7 Å². The number of aliphatic hydroxyl groups excluding tert-OH is 2. The van der Waals surface area contributed by atoms with Gasteiger partial charge in [0.05, 0.1) is 12.2 Å². The summed E-state index contributed by atoms with van der Waals surface area (Å²) < 4.78 is 5.48. The summed E-state index contributed by atoms with van der Waals surface area (Å²) >= 11 is 0. The Balaban J connectivity index is 2.64. The molecule has 3 heteroatoms. The molecule has 3 atom stereocenters. The number of hydrogen-bond acceptors (Lipinski definition) is 3. The van der Waals surface area contributed by atoms with Crippen LogP contribution in [-0.2, 0) is 0 Å². The average Bonchev–Trinajstić information content (AvgIpc) is 2.18. The van der Waals surface area contributed by atoms with Crippen LogP contribution in [0.2, 0.25) is 0 Å². The lowest BCUT2D eigenvalue weighted by atomic mass is 10.1. The van der Waals surface area contributed by atoms with E-state index >= 15 is 0 Å². The van der Waals surface area contributed by atoms with Crippen molar-refractivity contribution >= 4 is 0 Å².